The number of benzene rings is 1. The standard InChI is InChI=1S/C24H30F2N4O3/c1-28-8-10-30(11-9-28)23(31)14-24(18-32-22-6-3-19(25)4-7-22)17-29(12-13-33-24)16-21-5-2-20(26)15-27-21/h2-7,15H,8-14,16-18H2,1H3/t24-/m0/s1. The molecule has 0 aliphatic carbocycles. The van der Waals surface area contributed by atoms with Crippen LogP contribution in [0.3, 0.4) is 0 Å². The zero-order valence-electron chi connectivity index (χ0n) is 18.9. The number of rotatable bonds is 7. The summed E-state index contributed by atoms with van der Waals surface area (Å²) in [6.07, 6.45) is 1.39. The van der Waals surface area contributed by atoms with Crippen molar-refractivity contribution in [1.82, 2.24) is 19.7 Å². The Kier molecular flexibility index (Phi) is 7.52. The van der Waals surface area contributed by atoms with Crippen LogP contribution in [0.4, 0.5) is 8.78 Å². The molecular formula is C24H30F2N4O3. The summed E-state index contributed by atoms with van der Waals surface area (Å²) in [4.78, 5) is 23.6. The summed E-state index contributed by atoms with van der Waals surface area (Å²) in [5.41, 5.74) is -0.107. The summed E-state index contributed by atoms with van der Waals surface area (Å²) in [7, 11) is 2.05. The average Bonchev–Trinajstić information content (AvgIpc) is 2.81. The van der Waals surface area contributed by atoms with Crippen LogP contribution in [0.15, 0.2) is 42.6 Å². The van der Waals surface area contributed by atoms with Gasteiger partial charge in [0.15, 0.2) is 0 Å². The molecule has 1 atom stereocenters. The Morgan fingerprint density at radius 3 is 2.48 bits per heavy atom. The molecule has 3 heterocycles. The lowest BCUT2D eigenvalue weighted by molar-refractivity contribution is -0.158. The lowest BCUT2D eigenvalue weighted by Gasteiger charge is -2.43. The highest BCUT2D eigenvalue weighted by atomic mass is 19.1. The summed E-state index contributed by atoms with van der Waals surface area (Å²) < 4.78 is 38.7. The van der Waals surface area contributed by atoms with Crippen molar-refractivity contribution in [3.63, 3.8) is 0 Å². The largest absolute Gasteiger partial charge is 0.491 e. The van der Waals surface area contributed by atoms with E-state index in [4.69, 9.17) is 9.47 Å². The summed E-state index contributed by atoms with van der Waals surface area (Å²) in [5, 5.41) is 0. The number of carbonyl (C=O) groups is 1. The minimum absolute atomic E-state index is 0.0348. The van der Waals surface area contributed by atoms with E-state index in [9.17, 15) is 13.6 Å². The van der Waals surface area contributed by atoms with Crippen LogP contribution in [0.2, 0.25) is 0 Å². The summed E-state index contributed by atoms with van der Waals surface area (Å²) in [6.45, 7) is 5.30. The highest BCUT2D eigenvalue weighted by molar-refractivity contribution is 5.77. The number of amides is 1. The quantitative estimate of drug-likeness (QED) is 0.632. The number of piperazine rings is 1. The van der Waals surface area contributed by atoms with Gasteiger partial charge in [0.25, 0.3) is 0 Å². The van der Waals surface area contributed by atoms with Crippen LogP contribution in [-0.2, 0) is 16.1 Å². The van der Waals surface area contributed by atoms with E-state index in [0.717, 1.165) is 18.8 Å². The van der Waals surface area contributed by atoms with Gasteiger partial charge in [-0.2, -0.15) is 0 Å². The Hall–Kier alpha value is -2.62. The van der Waals surface area contributed by atoms with Crippen molar-refractivity contribution in [2.45, 2.75) is 18.6 Å². The van der Waals surface area contributed by atoms with Gasteiger partial charge >= 0.3 is 0 Å². The number of hydrogen-bond donors (Lipinski definition) is 0. The number of likely N-dealkylation sites (N-methyl/N-ethyl adjacent to an activating group) is 1. The van der Waals surface area contributed by atoms with Crippen molar-refractivity contribution in [3.05, 3.63) is 59.9 Å². The van der Waals surface area contributed by atoms with E-state index in [1.165, 1.54) is 24.4 Å². The lowest BCUT2D eigenvalue weighted by Crippen LogP contribution is -2.58. The summed E-state index contributed by atoms with van der Waals surface area (Å²) >= 11 is 0. The number of nitrogens with zero attached hydrogens (tertiary/aromatic N) is 4. The first-order chi connectivity index (χ1) is 15.9. The number of pyridine rings is 1. The minimum atomic E-state index is -0.854. The van der Waals surface area contributed by atoms with Crippen LogP contribution in [-0.4, -0.2) is 90.7 Å². The highest BCUT2D eigenvalue weighted by Crippen LogP contribution is 2.26. The zero-order valence-corrected chi connectivity index (χ0v) is 18.9. The smallest absolute Gasteiger partial charge is 0.225 e. The molecule has 33 heavy (non-hydrogen) atoms. The minimum Gasteiger partial charge on any atom is -0.491 e. The second-order valence-electron chi connectivity index (χ2n) is 8.81. The fourth-order valence-corrected chi connectivity index (χ4v) is 4.22. The van der Waals surface area contributed by atoms with Crippen LogP contribution in [0.5, 0.6) is 5.75 Å². The molecule has 1 aromatic carbocycles. The van der Waals surface area contributed by atoms with E-state index in [1.54, 1.807) is 18.2 Å². The van der Waals surface area contributed by atoms with Crippen LogP contribution < -0.4 is 4.74 Å². The Labute approximate surface area is 192 Å². The lowest BCUT2D eigenvalue weighted by atomic mass is 9.96. The van der Waals surface area contributed by atoms with E-state index in [0.29, 0.717) is 45.1 Å². The average molecular weight is 461 g/mol. The molecule has 0 spiro atoms. The van der Waals surface area contributed by atoms with Gasteiger partial charge in [0, 0.05) is 45.8 Å². The molecule has 1 amide bonds. The fourth-order valence-electron chi connectivity index (χ4n) is 4.22. The Bertz CT molecular complexity index is 920. The first-order valence-corrected chi connectivity index (χ1v) is 11.2. The van der Waals surface area contributed by atoms with Gasteiger partial charge in [0.2, 0.25) is 5.91 Å². The molecule has 0 unspecified atom stereocenters. The fraction of sp³-hybridized carbons (Fsp3) is 0.500. The van der Waals surface area contributed by atoms with E-state index in [-0.39, 0.29) is 30.6 Å². The molecule has 2 aromatic rings. The van der Waals surface area contributed by atoms with Gasteiger partial charge in [-0.15, -0.1) is 0 Å². The SMILES string of the molecule is CN1CCN(C(=O)C[C@@]2(COc3ccc(F)cc3)CN(Cc3ccc(F)cn3)CCO2)CC1. The van der Waals surface area contributed by atoms with Crippen molar-refractivity contribution >= 4 is 5.91 Å². The Morgan fingerprint density at radius 1 is 1.06 bits per heavy atom. The molecule has 9 heteroatoms. The van der Waals surface area contributed by atoms with Crippen LogP contribution in [0.25, 0.3) is 0 Å². The first-order valence-electron chi connectivity index (χ1n) is 11.2. The molecule has 4 rings (SSSR count). The summed E-state index contributed by atoms with van der Waals surface area (Å²) in [6, 6.07) is 8.86. The molecule has 0 bridgehead atoms. The van der Waals surface area contributed by atoms with Crippen molar-refractivity contribution in [2.75, 3.05) is 59.5 Å². The third-order valence-electron chi connectivity index (χ3n) is 6.15. The summed E-state index contributed by atoms with van der Waals surface area (Å²) in [5.74, 6) is -0.161. The third kappa shape index (κ3) is 6.46. The third-order valence-corrected chi connectivity index (χ3v) is 6.15. The van der Waals surface area contributed by atoms with Crippen LogP contribution >= 0.6 is 0 Å². The van der Waals surface area contributed by atoms with E-state index >= 15 is 0 Å². The van der Waals surface area contributed by atoms with E-state index in [2.05, 4.69) is 14.8 Å². The topological polar surface area (TPSA) is 58.1 Å². The van der Waals surface area contributed by atoms with Crippen molar-refractivity contribution in [1.29, 1.82) is 0 Å². The Morgan fingerprint density at radius 2 is 1.79 bits per heavy atom. The number of morpholine rings is 1. The van der Waals surface area contributed by atoms with Crippen molar-refractivity contribution in [2.24, 2.45) is 0 Å². The molecule has 1 aromatic heterocycles. The van der Waals surface area contributed by atoms with E-state index < -0.39 is 5.60 Å². The predicted octanol–water partition coefficient (Wildman–Crippen LogP) is 2.17. The maximum Gasteiger partial charge on any atom is 0.225 e. The zero-order chi connectivity index (χ0) is 23.3. The van der Waals surface area contributed by atoms with Gasteiger partial charge < -0.3 is 19.3 Å². The monoisotopic (exact) mass is 460 g/mol. The molecule has 0 N–H and O–H groups in total. The second kappa shape index (κ2) is 10.5. The van der Waals surface area contributed by atoms with Crippen LogP contribution in [0, 0.1) is 11.6 Å². The number of aromatic nitrogens is 1. The molecule has 0 saturated carbocycles. The maximum absolute atomic E-state index is 13.3. The van der Waals surface area contributed by atoms with Gasteiger partial charge in [0.1, 0.15) is 29.6 Å². The number of hydrogen-bond acceptors (Lipinski definition) is 6. The number of carbonyl (C=O) groups excluding carboxylic acids is 1. The molecule has 178 valence electrons. The second-order valence-corrected chi connectivity index (χ2v) is 8.81. The molecule has 2 saturated heterocycles. The van der Waals surface area contributed by atoms with Gasteiger partial charge in [-0.05, 0) is 43.4 Å². The van der Waals surface area contributed by atoms with Crippen molar-refractivity contribution in [3.8, 4) is 5.75 Å². The molecule has 0 radical (unpaired) electrons. The van der Waals surface area contributed by atoms with Crippen LogP contribution in [0.1, 0.15) is 12.1 Å². The predicted molar refractivity (Wildman–Crippen MR) is 119 cm³/mol. The van der Waals surface area contributed by atoms with E-state index in [1.807, 2.05) is 11.9 Å². The van der Waals surface area contributed by atoms with Gasteiger partial charge in [-0.3, -0.25) is 14.7 Å². The normalized spacial score (nSPS) is 22.3. The number of ether oxygens (including phenoxy) is 2. The number of halogens is 2. The van der Waals surface area contributed by atoms with Gasteiger partial charge in [-0.1, -0.05) is 0 Å². The molecular weight excluding hydrogens is 430 g/mol. The molecule has 2 aliphatic heterocycles. The molecule has 7 nitrogen and oxygen atoms in total. The maximum atomic E-state index is 13.3. The molecule has 2 fully saturated rings. The van der Waals surface area contributed by atoms with Gasteiger partial charge in [0.05, 0.1) is 24.9 Å². The molecule has 2 aliphatic rings. The highest BCUT2D eigenvalue weighted by Gasteiger charge is 2.41. The van der Waals surface area contributed by atoms with Crippen molar-refractivity contribution < 1.29 is 23.0 Å². The Balaban J connectivity index is 1.47. The van der Waals surface area contributed by atoms with Gasteiger partial charge in [-0.25, -0.2) is 8.78 Å². The first kappa shape index (κ1) is 23.5.